The Kier molecular flexibility index (Phi) is 3.09. The van der Waals surface area contributed by atoms with E-state index in [1.165, 1.54) is 64.0 Å². The van der Waals surface area contributed by atoms with Gasteiger partial charge in [-0.25, -0.2) is 0 Å². The first-order valence-electron chi connectivity index (χ1n) is 10.3. The van der Waals surface area contributed by atoms with E-state index in [1.807, 2.05) is 0 Å². The predicted molar refractivity (Wildman–Crippen MR) is 125 cm³/mol. The third kappa shape index (κ3) is 2.34. The minimum Gasteiger partial charge on any atom is -0.122 e. The Morgan fingerprint density at radius 2 is 0.533 bits per heavy atom. The van der Waals surface area contributed by atoms with Gasteiger partial charge in [-0.15, -0.1) is 78.8 Å². The smallest absolute Gasteiger partial charge is 0.0592 e. The fraction of sp³-hybridized carbons (Fsp3) is 0. The SMILES string of the molecule is [c-]1c2cc3ccc2=c2ccc(ccc4ccc5c([c-]c6cc(ccc6=5)cc3)c4)cc12. The van der Waals surface area contributed by atoms with Gasteiger partial charge in [-0.1, -0.05) is 94.3 Å². The van der Waals surface area contributed by atoms with Gasteiger partial charge in [0.1, 0.15) is 0 Å². The molecule has 5 aromatic rings. The molecule has 8 bridgehead atoms. The molecule has 0 unspecified atom stereocenters. The largest absolute Gasteiger partial charge is 0.122 e. The first kappa shape index (κ1) is 16.0. The topological polar surface area (TPSA) is 0 Å². The highest BCUT2D eigenvalue weighted by Gasteiger charge is 1.95. The van der Waals surface area contributed by atoms with E-state index in [2.05, 4.69) is 109 Å². The summed E-state index contributed by atoms with van der Waals surface area (Å²) in [7, 11) is 0. The van der Waals surface area contributed by atoms with Crippen LogP contribution in [0.25, 0.3) is 43.1 Å². The number of benzene rings is 4. The average Bonchev–Trinajstić information content (AvgIpc) is 3.31. The number of hydrogen-bond donors (Lipinski definition) is 0. The molecular weight excluding hydrogens is 360 g/mol. The van der Waals surface area contributed by atoms with Gasteiger partial charge in [-0.05, 0) is 0 Å². The van der Waals surface area contributed by atoms with Crippen LogP contribution in [0.4, 0.5) is 0 Å². The maximum atomic E-state index is 3.60. The molecule has 0 nitrogen and oxygen atoms in total. The van der Waals surface area contributed by atoms with Gasteiger partial charge < -0.3 is 0 Å². The molecule has 7 rings (SSSR count). The van der Waals surface area contributed by atoms with Gasteiger partial charge in [0, 0.05) is 0 Å². The number of rotatable bonds is 0. The molecule has 0 fully saturated rings. The van der Waals surface area contributed by atoms with Crippen molar-refractivity contribution in [1.29, 1.82) is 0 Å². The fourth-order valence-electron chi connectivity index (χ4n) is 4.69. The maximum absolute atomic E-state index is 3.60. The summed E-state index contributed by atoms with van der Waals surface area (Å²) >= 11 is 0. The fourth-order valence-corrected chi connectivity index (χ4v) is 4.69. The van der Waals surface area contributed by atoms with Gasteiger partial charge >= 0.3 is 0 Å². The van der Waals surface area contributed by atoms with E-state index < -0.39 is 0 Å². The van der Waals surface area contributed by atoms with Crippen LogP contribution < -0.4 is 0 Å². The second kappa shape index (κ2) is 5.81. The average molecular weight is 376 g/mol. The second-order valence-electron chi connectivity index (χ2n) is 8.14. The summed E-state index contributed by atoms with van der Waals surface area (Å²) in [6.07, 6.45) is 0. The van der Waals surface area contributed by atoms with Crippen LogP contribution in [0.2, 0.25) is 0 Å². The second-order valence-corrected chi connectivity index (χ2v) is 8.14. The van der Waals surface area contributed by atoms with Crippen LogP contribution in [-0.2, 0) is 0 Å². The maximum Gasteiger partial charge on any atom is -0.0592 e. The monoisotopic (exact) mass is 376 g/mol. The van der Waals surface area contributed by atoms with Crippen molar-refractivity contribution in [3.63, 3.8) is 0 Å². The first-order valence-corrected chi connectivity index (χ1v) is 10.3. The summed E-state index contributed by atoms with van der Waals surface area (Å²) in [5.74, 6) is 0. The normalized spacial score (nSPS) is 12.0. The Balaban J connectivity index is 1.68. The van der Waals surface area contributed by atoms with E-state index in [0.29, 0.717) is 0 Å². The molecule has 0 saturated heterocycles. The van der Waals surface area contributed by atoms with Gasteiger partial charge in [-0.2, -0.15) is 0 Å². The lowest BCUT2D eigenvalue weighted by Gasteiger charge is -1.99. The van der Waals surface area contributed by atoms with Crippen LogP contribution in [0.5, 0.6) is 0 Å². The van der Waals surface area contributed by atoms with E-state index in [-0.39, 0.29) is 0 Å². The van der Waals surface area contributed by atoms with Crippen LogP contribution in [0.1, 0.15) is 0 Å². The molecule has 0 radical (unpaired) electrons. The third-order valence-electron chi connectivity index (χ3n) is 6.23. The lowest BCUT2D eigenvalue weighted by Crippen LogP contribution is -1.72. The summed E-state index contributed by atoms with van der Waals surface area (Å²) in [6.45, 7) is 0. The molecule has 0 amide bonds. The van der Waals surface area contributed by atoms with E-state index in [1.54, 1.807) is 0 Å². The van der Waals surface area contributed by atoms with Crippen molar-refractivity contribution in [2.75, 3.05) is 0 Å². The molecule has 0 aliphatic heterocycles. The third-order valence-corrected chi connectivity index (χ3v) is 6.23. The minimum absolute atomic E-state index is 1.17. The molecule has 5 aromatic carbocycles. The minimum atomic E-state index is 1.17. The number of fused-ring (bicyclic) bond motifs is 4. The number of hydrogen-bond acceptors (Lipinski definition) is 0. The highest BCUT2D eigenvalue weighted by Crippen LogP contribution is 2.23. The Hall–Kier alpha value is -3.90. The predicted octanol–water partition coefficient (Wildman–Crippen LogP) is 7.35. The Labute approximate surface area is 173 Å². The lowest BCUT2D eigenvalue weighted by atomic mass is 10.1. The summed E-state index contributed by atoms with van der Waals surface area (Å²) in [4.78, 5) is 0. The Bertz CT molecular complexity index is 1620. The van der Waals surface area contributed by atoms with Crippen molar-refractivity contribution in [3.8, 4) is 0 Å². The molecule has 0 heterocycles. The van der Waals surface area contributed by atoms with Gasteiger partial charge in [0.2, 0.25) is 0 Å². The molecule has 0 atom stereocenters. The molecule has 0 saturated carbocycles. The van der Waals surface area contributed by atoms with E-state index in [0.717, 1.165) is 0 Å². The quantitative estimate of drug-likeness (QED) is 0.243. The molecule has 0 aromatic heterocycles. The highest BCUT2D eigenvalue weighted by molar-refractivity contribution is 5.82. The molecule has 0 spiro atoms. The van der Waals surface area contributed by atoms with E-state index >= 15 is 0 Å². The zero-order chi connectivity index (χ0) is 19.7. The van der Waals surface area contributed by atoms with Crippen LogP contribution in [0.15, 0.2) is 97.1 Å². The van der Waals surface area contributed by atoms with Crippen molar-refractivity contribution >= 4 is 43.1 Å². The first-order chi connectivity index (χ1) is 14.8. The molecule has 138 valence electrons. The summed E-state index contributed by atoms with van der Waals surface area (Å²) in [5.41, 5.74) is 0. The van der Waals surface area contributed by atoms with E-state index in [9.17, 15) is 0 Å². The van der Waals surface area contributed by atoms with E-state index in [4.69, 9.17) is 0 Å². The van der Waals surface area contributed by atoms with Crippen molar-refractivity contribution in [1.82, 2.24) is 0 Å². The van der Waals surface area contributed by atoms with Gasteiger partial charge in [0.15, 0.2) is 0 Å². The van der Waals surface area contributed by atoms with Gasteiger partial charge in [0.05, 0.1) is 0 Å². The summed E-state index contributed by atoms with van der Waals surface area (Å²) < 4.78 is 0. The van der Waals surface area contributed by atoms with Crippen molar-refractivity contribution < 1.29 is 0 Å². The lowest BCUT2D eigenvalue weighted by molar-refractivity contribution is 1.62. The summed E-state index contributed by atoms with van der Waals surface area (Å²) in [5, 5.41) is 14.5. The Morgan fingerprint density at radius 1 is 0.300 bits per heavy atom. The molecule has 0 heteroatoms. The molecule has 30 heavy (non-hydrogen) atoms. The van der Waals surface area contributed by atoms with Gasteiger partial charge in [-0.3, -0.25) is 0 Å². The van der Waals surface area contributed by atoms with Crippen molar-refractivity contribution in [2.45, 2.75) is 0 Å². The van der Waals surface area contributed by atoms with Crippen molar-refractivity contribution in [2.24, 2.45) is 0 Å². The zero-order valence-electron chi connectivity index (χ0n) is 16.2. The van der Waals surface area contributed by atoms with Crippen LogP contribution in [0, 0.1) is 33.0 Å². The standard InChI is InChI=1S/C30H16/c1-2-20-6-10-28-24(14-20)18-26-16-22(8-12-30(26)28)4-3-21-7-11-29-25(15-21)17-23-13-19(1)5-9-27(23)29/h1-16H/q-2. The van der Waals surface area contributed by atoms with Crippen LogP contribution in [0.3, 0.4) is 0 Å². The summed E-state index contributed by atoms with van der Waals surface area (Å²) in [6, 6.07) is 42.5. The van der Waals surface area contributed by atoms with Gasteiger partial charge in [0.25, 0.3) is 0 Å². The Morgan fingerprint density at radius 3 is 0.800 bits per heavy atom. The van der Waals surface area contributed by atoms with Crippen molar-refractivity contribution in [3.05, 3.63) is 130 Å². The molecule has 2 aliphatic carbocycles. The molecule has 2 aliphatic rings. The van der Waals surface area contributed by atoms with Crippen LogP contribution in [-0.4, -0.2) is 0 Å². The highest BCUT2D eigenvalue weighted by atomic mass is 14.1. The molecule has 0 N–H and O–H groups in total. The zero-order valence-corrected chi connectivity index (χ0v) is 16.2. The van der Waals surface area contributed by atoms with Crippen LogP contribution >= 0.6 is 0 Å². The molecular formula is C30H16-2.